The van der Waals surface area contributed by atoms with Crippen molar-refractivity contribution in [2.75, 3.05) is 18.3 Å². The Morgan fingerprint density at radius 2 is 1.82 bits per heavy atom. The fourth-order valence-corrected chi connectivity index (χ4v) is 3.39. The quantitative estimate of drug-likeness (QED) is 0.489. The zero-order chi connectivity index (χ0) is 20.3. The van der Waals surface area contributed by atoms with Crippen LogP contribution in [0.4, 0.5) is 5.69 Å². The lowest BCUT2D eigenvalue weighted by atomic mass is 10.1. The lowest BCUT2D eigenvalue weighted by Gasteiger charge is -2.14. The summed E-state index contributed by atoms with van der Waals surface area (Å²) in [5.74, 6) is 7.15. The van der Waals surface area contributed by atoms with Crippen molar-refractivity contribution in [3.8, 4) is 17.1 Å². The van der Waals surface area contributed by atoms with Crippen molar-refractivity contribution in [2.45, 2.75) is 31.2 Å². The lowest BCUT2D eigenvalue weighted by Crippen LogP contribution is -2.24. The van der Waals surface area contributed by atoms with Gasteiger partial charge >= 0.3 is 0 Å². The molecule has 1 aromatic heterocycles. The van der Waals surface area contributed by atoms with Crippen molar-refractivity contribution < 1.29 is 9.53 Å². The van der Waals surface area contributed by atoms with E-state index in [1.54, 1.807) is 14.0 Å². The van der Waals surface area contributed by atoms with Gasteiger partial charge in [0.15, 0.2) is 5.82 Å². The van der Waals surface area contributed by atoms with Gasteiger partial charge in [0.25, 0.3) is 0 Å². The zero-order valence-corrected chi connectivity index (χ0v) is 17.1. The van der Waals surface area contributed by atoms with Gasteiger partial charge < -0.3 is 15.9 Å². The van der Waals surface area contributed by atoms with Crippen molar-refractivity contribution in [1.29, 1.82) is 0 Å². The second-order valence-electron chi connectivity index (χ2n) is 6.50. The number of hydrogen-bond acceptors (Lipinski definition) is 6. The van der Waals surface area contributed by atoms with Crippen molar-refractivity contribution in [1.82, 2.24) is 14.9 Å². The topological polar surface area (TPSA) is 95.1 Å². The Bertz CT molecular complexity index is 985. The number of amides is 1. The number of carbonyl (C=O) groups excluding carboxylic acids is 1. The summed E-state index contributed by atoms with van der Waals surface area (Å²) in [7, 11) is 1.57. The van der Waals surface area contributed by atoms with E-state index in [4.69, 9.17) is 10.6 Å². The summed E-state index contributed by atoms with van der Waals surface area (Å²) >= 11 is 1.25. The molecule has 0 spiro atoms. The Labute approximate surface area is 168 Å². The van der Waals surface area contributed by atoms with Crippen LogP contribution < -0.4 is 15.9 Å². The number of rotatable bonds is 6. The van der Waals surface area contributed by atoms with Gasteiger partial charge in [-0.2, -0.15) is 0 Å². The highest BCUT2D eigenvalue weighted by Crippen LogP contribution is 2.28. The number of thioether (sulfide) groups is 1. The highest BCUT2D eigenvalue weighted by molar-refractivity contribution is 8.00. The maximum atomic E-state index is 12.6. The third-order valence-electron chi connectivity index (χ3n) is 4.24. The summed E-state index contributed by atoms with van der Waals surface area (Å²) < 4.78 is 6.72. The van der Waals surface area contributed by atoms with Crippen LogP contribution in [0.25, 0.3) is 11.4 Å². The predicted molar refractivity (Wildman–Crippen MR) is 112 cm³/mol. The summed E-state index contributed by atoms with van der Waals surface area (Å²) in [5.41, 5.74) is 3.68. The van der Waals surface area contributed by atoms with Crippen LogP contribution in [0.2, 0.25) is 0 Å². The largest absolute Gasteiger partial charge is 0.495 e. The first-order valence-corrected chi connectivity index (χ1v) is 9.66. The average molecular weight is 398 g/mol. The van der Waals surface area contributed by atoms with E-state index < -0.39 is 5.25 Å². The number of hydrogen-bond donors (Lipinski definition) is 2. The molecule has 0 fully saturated rings. The Balaban J connectivity index is 1.73. The monoisotopic (exact) mass is 397 g/mol. The van der Waals surface area contributed by atoms with E-state index in [9.17, 15) is 4.79 Å². The van der Waals surface area contributed by atoms with Gasteiger partial charge in [0.1, 0.15) is 5.75 Å². The number of benzene rings is 2. The molecule has 146 valence electrons. The summed E-state index contributed by atoms with van der Waals surface area (Å²) in [5, 5.41) is 11.2. The zero-order valence-electron chi connectivity index (χ0n) is 16.3. The highest BCUT2D eigenvalue weighted by Gasteiger charge is 2.21. The SMILES string of the molecule is COc1ccc(C)cc1NC(=O)C(C)Sc1nnc(-c2ccc(C)cc2)n1N. The second kappa shape index (κ2) is 8.35. The number of aryl methyl sites for hydroxylation is 2. The first kappa shape index (κ1) is 19.8. The van der Waals surface area contributed by atoms with Gasteiger partial charge in [-0.1, -0.05) is 47.7 Å². The fourth-order valence-electron chi connectivity index (χ4n) is 2.62. The standard InChI is InChI=1S/C20H23N5O2S/c1-12-5-8-15(9-6-12)18-23-24-20(25(18)21)28-14(3)19(26)22-16-11-13(2)7-10-17(16)27-4/h5-11,14H,21H2,1-4H3,(H,22,26). The molecule has 0 aliphatic carbocycles. The van der Waals surface area contributed by atoms with Gasteiger partial charge in [0.2, 0.25) is 11.1 Å². The van der Waals surface area contributed by atoms with Gasteiger partial charge in [0.05, 0.1) is 18.0 Å². The molecule has 3 N–H and O–H groups in total. The van der Waals surface area contributed by atoms with Gasteiger partial charge in [0, 0.05) is 5.56 Å². The van der Waals surface area contributed by atoms with Crippen LogP contribution in [0.1, 0.15) is 18.1 Å². The van der Waals surface area contributed by atoms with Gasteiger partial charge in [-0.05, 0) is 38.5 Å². The van der Waals surface area contributed by atoms with E-state index in [0.717, 1.165) is 16.7 Å². The molecule has 3 rings (SSSR count). The molecule has 1 atom stereocenters. The molecule has 0 aliphatic rings. The van der Waals surface area contributed by atoms with Crippen molar-refractivity contribution in [3.05, 3.63) is 53.6 Å². The van der Waals surface area contributed by atoms with E-state index in [0.29, 0.717) is 22.4 Å². The molecule has 28 heavy (non-hydrogen) atoms. The third kappa shape index (κ3) is 4.28. The van der Waals surface area contributed by atoms with Crippen LogP contribution in [-0.2, 0) is 4.79 Å². The van der Waals surface area contributed by atoms with Crippen LogP contribution >= 0.6 is 11.8 Å². The molecular weight excluding hydrogens is 374 g/mol. The highest BCUT2D eigenvalue weighted by atomic mass is 32.2. The molecule has 0 aliphatic heterocycles. The smallest absolute Gasteiger partial charge is 0.237 e. The lowest BCUT2D eigenvalue weighted by molar-refractivity contribution is -0.115. The molecule has 1 unspecified atom stereocenters. The van der Waals surface area contributed by atoms with Crippen molar-refractivity contribution in [2.24, 2.45) is 0 Å². The Hall–Kier alpha value is -3.00. The van der Waals surface area contributed by atoms with Gasteiger partial charge in [-0.25, -0.2) is 4.68 Å². The Morgan fingerprint density at radius 3 is 2.50 bits per heavy atom. The minimum Gasteiger partial charge on any atom is -0.495 e. The maximum absolute atomic E-state index is 12.6. The van der Waals surface area contributed by atoms with E-state index >= 15 is 0 Å². The fraction of sp³-hybridized carbons (Fsp3) is 0.250. The summed E-state index contributed by atoms with van der Waals surface area (Å²) in [6.45, 7) is 5.76. The van der Waals surface area contributed by atoms with E-state index in [-0.39, 0.29) is 5.91 Å². The molecule has 0 bridgehead atoms. The molecule has 1 heterocycles. The Kier molecular flexibility index (Phi) is 5.89. The van der Waals surface area contributed by atoms with Crippen LogP contribution in [0, 0.1) is 13.8 Å². The summed E-state index contributed by atoms with van der Waals surface area (Å²) in [4.78, 5) is 12.6. The third-order valence-corrected chi connectivity index (χ3v) is 5.30. The molecular formula is C20H23N5O2S. The van der Waals surface area contributed by atoms with E-state index in [1.165, 1.54) is 16.4 Å². The molecule has 0 saturated heterocycles. The number of aromatic nitrogens is 3. The number of nitrogens with two attached hydrogens (primary N) is 1. The molecule has 3 aromatic rings. The maximum Gasteiger partial charge on any atom is 0.237 e. The molecule has 7 nitrogen and oxygen atoms in total. The van der Waals surface area contributed by atoms with Crippen LogP contribution in [0.5, 0.6) is 5.75 Å². The number of nitrogens with zero attached hydrogens (tertiary/aromatic N) is 3. The minimum absolute atomic E-state index is 0.172. The van der Waals surface area contributed by atoms with Crippen LogP contribution in [0.15, 0.2) is 47.6 Å². The second-order valence-corrected chi connectivity index (χ2v) is 7.80. The molecule has 2 aromatic carbocycles. The summed E-state index contributed by atoms with van der Waals surface area (Å²) in [6, 6.07) is 13.5. The number of nitrogens with one attached hydrogen (secondary N) is 1. The van der Waals surface area contributed by atoms with E-state index in [1.807, 2.05) is 56.3 Å². The van der Waals surface area contributed by atoms with Crippen molar-refractivity contribution >= 4 is 23.4 Å². The average Bonchev–Trinajstić information content (AvgIpc) is 3.03. The van der Waals surface area contributed by atoms with E-state index in [2.05, 4.69) is 15.5 Å². The number of methoxy groups -OCH3 is 1. The number of ether oxygens (including phenoxy) is 1. The minimum atomic E-state index is -0.428. The number of carbonyl (C=O) groups is 1. The summed E-state index contributed by atoms with van der Waals surface area (Å²) in [6.07, 6.45) is 0. The Morgan fingerprint density at radius 1 is 1.14 bits per heavy atom. The van der Waals surface area contributed by atoms with Gasteiger partial charge in [-0.15, -0.1) is 10.2 Å². The molecule has 0 radical (unpaired) electrons. The molecule has 1 amide bonds. The number of nitrogen functional groups attached to an aromatic ring is 1. The number of anilines is 1. The first-order chi connectivity index (χ1) is 13.4. The normalized spacial score (nSPS) is 11.9. The molecule has 0 saturated carbocycles. The first-order valence-electron chi connectivity index (χ1n) is 8.78. The van der Waals surface area contributed by atoms with Crippen LogP contribution in [0.3, 0.4) is 0 Å². The van der Waals surface area contributed by atoms with Crippen LogP contribution in [-0.4, -0.2) is 33.1 Å². The predicted octanol–water partition coefficient (Wildman–Crippen LogP) is 3.40. The van der Waals surface area contributed by atoms with Crippen molar-refractivity contribution in [3.63, 3.8) is 0 Å². The van der Waals surface area contributed by atoms with Gasteiger partial charge in [-0.3, -0.25) is 4.79 Å². The molecule has 8 heteroatoms.